The third-order valence-corrected chi connectivity index (χ3v) is 3.84. The van der Waals surface area contributed by atoms with Gasteiger partial charge in [-0.15, -0.1) is 0 Å². The lowest BCUT2D eigenvalue weighted by atomic mass is 10.3. The molecule has 2 aromatic rings. The lowest BCUT2D eigenvalue weighted by molar-refractivity contribution is -0.119. The molecule has 0 saturated heterocycles. The number of rotatable bonds is 4. The van der Waals surface area contributed by atoms with Crippen molar-refractivity contribution in [2.45, 2.75) is 19.9 Å². The average molecular weight is 355 g/mol. The van der Waals surface area contributed by atoms with Gasteiger partial charge in [0.05, 0.1) is 22.1 Å². The number of hydrogen-bond acceptors (Lipinski definition) is 4. The summed E-state index contributed by atoms with van der Waals surface area (Å²) >= 11 is 3.34. The molecule has 0 aliphatic heterocycles. The summed E-state index contributed by atoms with van der Waals surface area (Å²) in [5.41, 5.74) is 6.49. The Morgan fingerprint density at radius 1 is 1.48 bits per heavy atom. The minimum absolute atomic E-state index is 0.147. The van der Waals surface area contributed by atoms with Crippen LogP contribution in [0.25, 0.3) is 0 Å². The normalized spacial score (nSPS) is 12.2. The van der Waals surface area contributed by atoms with Crippen molar-refractivity contribution in [3.8, 4) is 0 Å². The molecule has 0 fully saturated rings. The van der Waals surface area contributed by atoms with Crippen LogP contribution < -0.4 is 11.1 Å². The van der Waals surface area contributed by atoms with E-state index in [1.165, 1.54) is 15.6 Å². The van der Waals surface area contributed by atoms with Crippen LogP contribution in [-0.2, 0) is 11.8 Å². The van der Waals surface area contributed by atoms with E-state index in [2.05, 4.69) is 31.4 Å². The highest BCUT2D eigenvalue weighted by atomic mass is 79.9. The van der Waals surface area contributed by atoms with Gasteiger partial charge in [-0.25, -0.2) is 0 Å². The highest BCUT2D eigenvalue weighted by Crippen LogP contribution is 2.19. The van der Waals surface area contributed by atoms with Crippen molar-refractivity contribution in [1.82, 2.24) is 19.6 Å². The molecule has 3 N–H and O–H groups in total. The molecule has 2 heterocycles. The van der Waals surface area contributed by atoms with Crippen molar-refractivity contribution >= 4 is 33.4 Å². The number of primary amides is 1. The Bertz CT molecular complexity index is 685. The Labute approximate surface area is 129 Å². The number of hydrogen-bond donors (Lipinski definition) is 2. The van der Waals surface area contributed by atoms with E-state index >= 15 is 0 Å². The molecular formula is C12H15BrN6O2. The molecule has 0 saturated carbocycles. The summed E-state index contributed by atoms with van der Waals surface area (Å²) in [4.78, 5) is 23.6. The summed E-state index contributed by atoms with van der Waals surface area (Å²) in [6.07, 6.45) is 3.10. The molecule has 0 aromatic carbocycles. The fraction of sp³-hybridized carbons (Fsp3) is 0.333. The minimum Gasteiger partial charge on any atom is -0.364 e. The molecule has 8 nitrogen and oxygen atoms in total. The van der Waals surface area contributed by atoms with E-state index in [-0.39, 0.29) is 17.3 Å². The summed E-state index contributed by atoms with van der Waals surface area (Å²) < 4.78 is 3.67. The summed E-state index contributed by atoms with van der Waals surface area (Å²) in [5.74, 6) is -0.976. The fourth-order valence-electron chi connectivity index (χ4n) is 1.84. The smallest absolute Gasteiger partial charge is 0.269 e. The minimum atomic E-state index is -0.657. The van der Waals surface area contributed by atoms with Crippen LogP contribution in [0, 0.1) is 6.92 Å². The SMILES string of the molecule is Cc1nn([C@H](C)C(=O)Nc2cnn(C)c2C(N)=O)cc1Br. The number of nitrogens with two attached hydrogens (primary N) is 1. The number of aryl methyl sites for hydroxylation is 2. The number of nitrogens with one attached hydrogen (secondary N) is 1. The lowest BCUT2D eigenvalue weighted by Crippen LogP contribution is -2.26. The molecule has 112 valence electrons. The largest absolute Gasteiger partial charge is 0.364 e. The van der Waals surface area contributed by atoms with Crippen LogP contribution in [0.1, 0.15) is 29.1 Å². The van der Waals surface area contributed by atoms with Gasteiger partial charge in [-0.1, -0.05) is 0 Å². The first-order chi connectivity index (χ1) is 9.81. The third kappa shape index (κ3) is 2.97. The average Bonchev–Trinajstić information content (AvgIpc) is 2.92. The van der Waals surface area contributed by atoms with Gasteiger partial charge in [-0.05, 0) is 29.8 Å². The Balaban J connectivity index is 2.20. The number of nitrogens with zero attached hydrogens (tertiary/aromatic N) is 4. The second-order valence-corrected chi connectivity index (χ2v) is 5.46. The molecule has 0 bridgehead atoms. The van der Waals surface area contributed by atoms with Crippen LogP contribution in [-0.4, -0.2) is 31.4 Å². The molecule has 0 spiro atoms. The third-order valence-electron chi connectivity index (χ3n) is 3.06. The molecule has 0 unspecified atom stereocenters. The Morgan fingerprint density at radius 2 is 2.14 bits per heavy atom. The van der Waals surface area contributed by atoms with Crippen molar-refractivity contribution in [1.29, 1.82) is 0 Å². The first-order valence-electron chi connectivity index (χ1n) is 6.15. The predicted octanol–water partition coefficient (Wildman–Crippen LogP) is 0.986. The van der Waals surface area contributed by atoms with E-state index in [9.17, 15) is 9.59 Å². The van der Waals surface area contributed by atoms with E-state index in [1.807, 2.05) is 6.92 Å². The molecule has 1 atom stereocenters. The molecule has 0 radical (unpaired) electrons. The molecular weight excluding hydrogens is 340 g/mol. The molecule has 2 amide bonds. The zero-order chi connectivity index (χ0) is 15.7. The van der Waals surface area contributed by atoms with Gasteiger partial charge in [0.1, 0.15) is 11.7 Å². The van der Waals surface area contributed by atoms with E-state index in [4.69, 9.17) is 5.73 Å². The van der Waals surface area contributed by atoms with Crippen molar-refractivity contribution in [2.75, 3.05) is 5.32 Å². The van der Waals surface area contributed by atoms with Crippen LogP contribution in [0.3, 0.4) is 0 Å². The van der Waals surface area contributed by atoms with E-state index < -0.39 is 11.9 Å². The van der Waals surface area contributed by atoms with Crippen LogP contribution >= 0.6 is 15.9 Å². The number of anilines is 1. The van der Waals surface area contributed by atoms with Gasteiger partial charge in [0.15, 0.2) is 0 Å². The summed E-state index contributed by atoms with van der Waals surface area (Å²) in [5, 5.41) is 10.8. The summed E-state index contributed by atoms with van der Waals surface area (Å²) in [6.45, 7) is 3.53. The number of aromatic nitrogens is 4. The van der Waals surface area contributed by atoms with Gasteiger partial charge in [0.25, 0.3) is 5.91 Å². The predicted molar refractivity (Wildman–Crippen MR) is 79.7 cm³/mol. The molecule has 2 rings (SSSR count). The number of halogens is 1. The second kappa shape index (κ2) is 5.68. The molecule has 9 heteroatoms. The van der Waals surface area contributed by atoms with E-state index in [0.717, 1.165) is 10.2 Å². The van der Waals surface area contributed by atoms with Gasteiger partial charge in [-0.3, -0.25) is 19.0 Å². The van der Waals surface area contributed by atoms with Gasteiger partial charge < -0.3 is 11.1 Å². The highest BCUT2D eigenvalue weighted by Gasteiger charge is 2.21. The van der Waals surface area contributed by atoms with Crippen molar-refractivity contribution < 1.29 is 9.59 Å². The van der Waals surface area contributed by atoms with Crippen molar-refractivity contribution in [3.63, 3.8) is 0 Å². The standard InChI is InChI=1S/C12H15BrN6O2/c1-6-8(13)5-19(17-6)7(2)12(21)16-9-4-15-18(3)10(9)11(14)20/h4-5,7H,1-3H3,(H2,14,20)(H,16,21)/t7-/m1/s1. The topological polar surface area (TPSA) is 108 Å². The Morgan fingerprint density at radius 3 is 2.67 bits per heavy atom. The quantitative estimate of drug-likeness (QED) is 0.852. The summed E-state index contributed by atoms with van der Waals surface area (Å²) in [7, 11) is 1.58. The zero-order valence-electron chi connectivity index (χ0n) is 11.8. The van der Waals surface area contributed by atoms with Crippen LogP contribution in [0.15, 0.2) is 16.9 Å². The highest BCUT2D eigenvalue weighted by molar-refractivity contribution is 9.10. The summed E-state index contributed by atoms with van der Waals surface area (Å²) in [6, 6.07) is -0.545. The molecule has 2 aromatic heterocycles. The fourth-order valence-corrected chi connectivity index (χ4v) is 2.13. The van der Waals surface area contributed by atoms with Gasteiger partial charge in [-0.2, -0.15) is 10.2 Å². The molecule has 21 heavy (non-hydrogen) atoms. The van der Waals surface area contributed by atoms with Crippen LogP contribution in [0.2, 0.25) is 0 Å². The van der Waals surface area contributed by atoms with Crippen LogP contribution in [0.5, 0.6) is 0 Å². The number of carbonyl (C=O) groups excluding carboxylic acids is 2. The van der Waals surface area contributed by atoms with Crippen molar-refractivity contribution in [2.24, 2.45) is 12.8 Å². The maximum Gasteiger partial charge on any atom is 0.269 e. The molecule has 0 aliphatic carbocycles. The maximum absolute atomic E-state index is 12.2. The van der Waals surface area contributed by atoms with Crippen LogP contribution in [0.4, 0.5) is 5.69 Å². The van der Waals surface area contributed by atoms with E-state index in [1.54, 1.807) is 20.2 Å². The van der Waals surface area contributed by atoms with Gasteiger partial charge >= 0.3 is 0 Å². The molecule has 0 aliphatic rings. The maximum atomic E-state index is 12.2. The lowest BCUT2D eigenvalue weighted by Gasteiger charge is -2.12. The first-order valence-corrected chi connectivity index (χ1v) is 6.94. The Kier molecular flexibility index (Phi) is 4.12. The first kappa shape index (κ1) is 15.2. The van der Waals surface area contributed by atoms with Gasteiger partial charge in [0, 0.05) is 13.2 Å². The van der Waals surface area contributed by atoms with Crippen molar-refractivity contribution in [3.05, 3.63) is 28.3 Å². The Hall–Kier alpha value is -2.16. The van der Waals surface area contributed by atoms with Gasteiger partial charge in [0.2, 0.25) is 5.91 Å². The monoisotopic (exact) mass is 354 g/mol. The number of amides is 2. The van der Waals surface area contributed by atoms with E-state index in [0.29, 0.717) is 0 Å². The number of carbonyl (C=O) groups is 2. The zero-order valence-corrected chi connectivity index (χ0v) is 13.4. The second-order valence-electron chi connectivity index (χ2n) is 4.60.